The second-order valence-electron chi connectivity index (χ2n) is 5.83. The predicted molar refractivity (Wildman–Crippen MR) is 101 cm³/mol. The summed E-state index contributed by atoms with van der Waals surface area (Å²) in [4.78, 5) is 23.6. The number of aliphatic hydroxyl groups is 1. The van der Waals surface area contributed by atoms with Gasteiger partial charge in [-0.1, -0.05) is 41.4 Å². The van der Waals surface area contributed by atoms with Crippen LogP contribution < -0.4 is 16.0 Å². The summed E-state index contributed by atoms with van der Waals surface area (Å²) in [7, 11) is 0. The maximum Gasteiger partial charge on any atom is 0.314 e. The number of halogens is 1. The maximum absolute atomic E-state index is 11.9. The van der Waals surface area contributed by atoms with Gasteiger partial charge in [0.15, 0.2) is 0 Å². The van der Waals surface area contributed by atoms with Gasteiger partial charge >= 0.3 is 6.03 Å². The van der Waals surface area contributed by atoms with Crippen molar-refractivity contribution in [3.63, 3.8) is 0 Å². The Balaban J connectivity index is 1.63. The van der Waals surface area contributed by atoms with Gasteiger partial charge in [-0.15, -0.1) is 0 Å². The summed E-state index contributed by atoms with van der Waals surface area (Å²) in [5.74, 6) is -0.189. The fraction of sp³-hybridized carbons (Fsp3) is 0.263. The second-order valence-corrected chi connectivity index (χ2v) is 6.26. The van der Waals surface area contributed by atoms with Crippen LogP contribution in [0, 0.1) is 6.92 Å². The van der Waals surface area contributed by atoms with E-state index < -0.39 is 12.1 Å². The molecule has 0 fully saturated rings. The van der Waals surface area contributed by atoms with Crippen LogP contribution in [0.4, 0.5) is 4.79 Å². The Kier molecular flexibility index (Phi) is 7.44. The van der Waals surface area contributed by atoms with Crippen LogP contribution in [-0.2, 0) is 0 Å². The third-order valence-corrected chi connectivity index (χ3v) is 3.97. The van der Waals surface area contributed by atoms with E-state index in [0.717, 1.165) is 5.56 Å². The number of carbonyl (C=O) groups excluding carboxylic acids is 2. The Hall–Kier alpha value is -2.57. The monoisotopic (exact) mass is 375 g/mol. The van der Waals surface area contributed by atoms with Crippen molar-refractivity contribution in [3.8, 4) is 0 Å². The molecule has 0 heterocycles. The highest BCUT2D eigenvalue weighted by atomic mass is 35.5. The van der Waals surface area contributed by atoms with E-state index in [0.29, 0.717) is 22.7 Å². The van der Waals surface area contributed by atoms with Gasteiger partial charge in [0.25, 0.3) is 5.91 Å². The van der Waals surface area contributed by atoms with Gasteiger partial charge in [0.2, 0.25) is 0 Å². The highest BCUT2D eigenvalue weighted by Gasteiger charge is 2.09. The fourth-order valence-corrected chi connectivity index (χ4v) is 2.34. The van der Waals surface area contributed by atoms with Gasteiger partial charge in [-0.05, 0) is 36.8 Å². The molecule has 0 aromatic heterocycles. The quantitative estimate of drug-likeness (QED) is 0.560. The Morgan fingerprint density at radius 3 is 2.23 bits per heavy atom. The molecule has 2 aromatic carbocycles. The molecule has 0 aliphatic heterocycles. The average molecular weight is 376 g/mol. The molecule has 1 unspecified atom stereocenters. The SMILES string of the molecule is Cc1ccc(C(=O)NCCNC(=O)NCC(O)c2ccc(Cl)cc2)cc1. The summed E-state index contributed by atoms with van der Waals surface area (Å²) in [6, 6.07) is 13.6. The number of amides is 3. The number of aryl methyl sites for hydroxylation is 1. The number of carbonyl (C=O) groups is 2. The van der Waals surface area contributed by atoms with Crippen LogP contribution in [0.2, 0.25) is 5.02 Å². The van der Waals surface area contributed by atoms with E-state index in [-0.39, 0.29) is 19.0 Å². The molecule has 0 saturated heterocycles. The Morgan fingerprint density at radius 2 is 1.58 bits per heavy atom. The first kappa shape index (κ1) is 19.8. The van der Waals surface area contributed by atoms with E-state index in [9.17, 15) is 14.7 Å². The lowest BCUT2D eigenvalue weighted by Gasteiger charge is -2.13. The molecule has 1 atom stereocenters. The fourth-order valence-electron chi connectivity index (χ4n) is 2.21. The summed E-state index contributed by atoms with van der Waals surface area (Å²) in [5, 5.41) is 18.5. The number of hydrogen-bond acceptors (Lipinski definition) is 3. The Morgan fingerprint density at radius 1 is 0.962 bits per heavy atom. The third-order valence-electron chi connectivity index (χ3n) is 3.72. The molecule has 0 spiro atoms. The van der Waals surface area contributed by atoms with Crippen LogP contribution in [0.1, 0.15) is 27.6 Å². The van der Waals surface area contributed by atoms with Crippen molar-refractivity contribution in [2.45, 2.75) is 13.0 Å². The molecule has 0 radical (unpaired) electrons. The molecule has 0 bridgehead atoms. The van der Waals surface area contributed by atoms with E-state index in [1.54, 1.807) is 36.4 Å². The van der Waals surface area contributed by atoms with Gasteiger partial charge in [0.1, 0.15) is 0 Å². The van der Waals surface area contributed by atoms with Crippen LogP contribution in [0.5, 0.6) is 0 Å². The molecule has 2 rings (SSSR count). The molecule has 6 nitrogen and oxygen atoms in total. The maximum atomic E-state index is 11.9. The van der Waals surface area contributed by atoms with E-state index >= 15 is 0 Å². The third kappa shape index (κ3) is 6.38. The lowest BCUT2D eigenvalue weighted by Crippen LogP contribution is -2.41. The van der Waals surface area contributed by atoms with Crippen molar-refractivity contribution in [3.05, 3.63) is 70.2 Å². The molecule has 2 aromatic rings. The number of benzene rings is 2. The summed E-state index contributed by atoms with van der Waals surface area (Å²) >= 11 is 5.79. The molecule has 0 aliphatic carbocycles. The molecular weight excluding hydrogens is 354 g/mol. The van der Waals surface area contributed by atoms with Crippen molar-refractivity contribution in [2.75, 3.05) is 19.6 Å². The summed E-state index contributed by atoms with van der Waals surface area (Å²) in [6.45, 7) is 2.61. The number of hydrogen-bond donors (Lipinski definition) is 4. The van der Waals surface area contributed by atoms with Crippen molar-refractivity contribution in [2.24, 2.45) is 0 Å². The lowest BCUT2D eigenvalue weighted by atomic mass is 10.1. The standard InChI is InChI=1S/C19H22ClN3O3/c1-13-2-4-15(5-3-13)18(25)21-10-11-22-19(26)23-12-17(24)14-6-8-16(20)9-7-14/h2-9,17,24H,10-12H2,1H3,(H,21,25)(H2,22,23,26). The highest BCUT2D eigenvalue weighted by Crippen LogP contribution is 2.15. The van der Waals surface area contributed by atoms with Crippen LogP contribution in [-0.4, -0.2) is 36.7 Å². The van der Waals surface area contributed by atoms with Gasteiger partial charge < -0.3 is 21.1 Å². The minimum Gasteiger partial charge on any atom is -0.387 e. The van der Waals surface area contributed by atoms with E-state index in [1.165, 1.54) is 0 Å². The number of urea groups is 1. The highest BCUT2D eigenvalue weighted by molar-refractivity contribution is 6.30. The number of rotatable bonds is 7. The van der Waals surface area contributed by atoms with E-state index in [1.807, 2.05) is 19.1 Å². The van der Waals surface area contributed by atoms with Gasteiger partial charge in [-0.2, -0.15) is 0 Å². The molecule has 7 heteroatoms. The Bertz CT molecular complexity index is 733. The largest absolute Gasteiger partial charge is 0.387 e. The van der Waals surface area contributed by atoms with Crippen LogP contribution in [0.25, 0.3) is 0 Å². The van der Waals surface area contributed by atoms with E-state index in [4.69, 9.17) is 11.6 Å². The van der Waals surface area contributed by atoms with Crippen molar-refractivity contribution < 1.29 is 14.7 Å². The molecule has 26 heavy (non-hydrogen) atoms. The number of nitrogens with one attached hydrogen (secondary N) is 3. The van der Waals surface area contributed by atoms with Crippen LogP contribution >= 0.6 is 11.6 Å². The van der Waals surface area contributed by atoms with Crippen LogP contribution in [0.3, 0.4) is 0 Å². The van der Waals surface area contributed by atoms with Gasteiger partial charge in [0.05, 0.1) is 6.10 Å². The first-order valence-corrected chi connectivity index (χ1v) is 8.63. The zero-order valence-corrected chi connectivity index (χ0v) is 15.2. The van der Waals surface area contributed by atoms with Gasteiger partial charge in [0, 0.05) is 30.2 Å². The molecule has 0 aliphatic rings. The van der Waals surface area contributed by atoms with Crippen molar-refractivity contribution >= 4 is 23.5 Å². The predicted octanol–water partition coefficient (Wildman–Crippen LogP) is 2.41. The van der Waals surface area contributed by atoms with Crippen molar-refractivity contribution in [1.82, 2.24) is 16.0 Å². The normalized spacial score (nSPS) is 11.5. The molecule has 4 N–H and O–H groups in total. The average Bonchev–Trinajstić information content (AvgIpc) is 2.64. The first-order chi connectivity index (χ1) is 12.5. The van der Waals surface area contributed by atoms with Gasteiger partial charge in [-0.3, -0.25) is 4.79 Å². The Labute approximate surface area is 157 Å². The molecule has 3 amide bonds. The minimum absolute atomic E-state index is 0.0726. The summed E-state index contributed by atoms with van der Waals surface area (Å²) in [6.07, 6.45) is -0.820. The first-order valence-electron chi connectivity index (χ1n) is 8.26. The molecule has 0 saturated carbocycles. The molecular formula is C19H22ClN3O3. The zero-order chi connectivity index (χ0) is 18.9. The van der Waals surface area contributed by atoms with Crippen LogP contribution in [0.15, 0.2) is 48.5 Å². The van der Waals surface area contributed by atoms with Gasteiger partial charge in [-0.25, -0.2) is 4.79 Å². The van der Waals surface area contributed by atoms with Crippen molar-refractivity contribution in [1.29, 1.82) is 0 Å². The zero-order valence-electron chi connectivity index (χ0n) is 14.5. The smallest absolute Gasteiger partial charge is 0.314 e. The molecule has 138 valence electrons. The minimum atomic E-state index is -0.820. The lowest BCUT2D eigenvalue weighted by molar-refractivity contribution is 0.0954. The number of aliphatic hydroxyl groups excluding tert-OH is 1. The second kappa shape index (κ2) is 9.79. The van der Waals surface area contributed by atoms with E-state index in [2.05, 4.69) is 16.0 Å². The summed E-state index contributed by atoms with van der Waals surface area (Å²) < 4.78 is 0. The summed E-state index contributed by atoms with van der Waals surface area (Å²) in [5.41, 5.74) is 2.33. The topological polar surface area (TPSA) is 90.5 Å².